The maximum atomic E-state index is 10.9. The topological polar surface area (TPSA) is 73.6 Å². The minimum atomic E-state index is -0.495. The van der Waals surface area contributed by atoms with E-state index in [2.05, 4.69) is 5.32 Å². The van der Waals surface area contributed by atoms with Crippen molar-refractivity contribution in [1.29, 1.82) is 0 Å². The normalized spacial score (nSPS) is 28.7. The lowest BCUT2D eigenvalue weighted by atomic mass is 10.2. The first-order valence-electron chi connectivity index (χ1n) is 5.40. The second-order valence-electron chi connectivity index (χ2n) is 3.86. The lowest BCUT2D eigenvalue weighted by molar-refractivity contribution is -0.135. The summed E-state index contributed by atoms with van der Waals surface area (Å²) in [7, 11) is 0. The molecule has 15 heavy (non-hydrogen) atoms. The first kappa shape index (κ1) is 12.4. The van der Waals surface area contributed by atoms with E-state index in [0.29, 0.717) is 13.0 Å². The average Bonchev–Trinajstić information content (AvgIpc) is 2.18. The van der Waals surface area contributed by atoms with Gasteiger partial charge in [-0.1, -0.05) is 6.92 Å². The van der Waals surface area contributed by atoms with Crippen molar-refractivity contribution in [2.24, 2.45) is 5.73 Å². The van der Waals surface area contributed by atoms with Crippen molar-refractivity contribution in [3.05, 3.63) is 0 Å². The molecule has 0 aliphatic carbocycles. The SMILES string of the molecule is CCC(OCC1CNCC(C)O1)C(N)=O. The molecular weight excluding hydrogens is 196 g/mol. The van der Waals surface area contributed by atoms with Crippen molar-refractivity contribution in [2.45, 2.75) is 38.6 Å². The molecule has 0 spiro atoms. The van der Waals surface area contributed by atoms with Gasteiger partial charge in [0.1, 0.15) is 6.10 Å². The second kappa shape index (κ2) is 6.05. The molecule has 3 unspecified atom stereocenters. The third kappa shape index (κ3) is 4.15. The number of hydrogen-bond acceptors (Lipinski definition) is 4. The van der Waals surface area contributed by atoms with Gasteiger partial charge in [-0.2, -0.15) is 0 Å². The second-order valence-corrected chi connectivity index (χ2v) is 3.86. The van der Waals surface area contributed by atoms with Crippen LogP contribution in [0.1, 0.15) is 20.3 Å². The molecule has 5 nitrogen and oxygen atoms in total. The minimum absolute atomic E-state index is 0.0159. The molecule has 3 N–H and O–H groups in total. The Balaban J connectivity index is 2.26. The molecule has 0 aromatic carbocycles. The first-order chi connectivity index (χ1) is 7.13. The van der Waals surface area contributed by atoms with Gasteiger partial charge in [-0.25, -0.2) is 0 Å². The number of morpholine rings is 1. The summed E-state index contributed by atoms with van der Waals surface area (Å²) in [6.07, 6.45) is 0.319. The molecule has 1 saturated heterocycles. The number of primary amides is 1. The number of nitrogens with two attached hydrogens (primary N) is 1. The Kier molecular flexibility index (Phi) is 5.01. The zero-order chi connectivity index (χ0) is 11.3. The highest BCUT2D eigenvalue weighted by molar-refractivity contribution is 5.78. The van der Waals surface area contributed by atoms with Crippen LogP contribution < -0.4 is 11.1 Å². The summed E-state index contributed by atoms with van der Waals surface area (Å²) >= 11 is 0. The zero-order valence-electron chi connectivity index (χ0n) is 9.36. The van der Waals surface area contributed by atoms with Crippen LogP contribution in [0.25, 0.3) is 0 Å². The summed E-state index contributed by atoms with van der Waals surface area (Å²) < 4.78 is 11.0. The average molecular weight is 216 g/mol. The van der Waals surface area contributed by atoms with Crippen molar-refractivity contribution in [2.75, 3.05) is 19.7 Å². The van der Waals surface area contributed by atoms with Gasteiger partial charge in [0.15, 0.2) is 0 Å². The molecule has 0 aromatic heterocycles. The van der Waals surface area contributed by atoms with E-state index < -0.39 is 12.0 Å². The van der Waals surface area contributed by atoms with Crippen LogP contribution in [0.3, 0.4) is 0 Å². The van der Waals surface area contributed by atoms with Crippen LogP contribution in [0.2, 0.25) is 0 Å². The van der Waals surface area contributed by atoms with Crippen LogP contribution in [0, 0.1) is 0 Å². The van der Waals surface area contributed by atoms with Gasteiger partial charge < -0.3 is 20.5 Å². The molecule has 88 valence electrons. The summed E-state index contributed by atoms with van der Waals surface area (Å²) in [5.74, 6) is -0.408. The van der Waals surface area contributed by atoms with E-state index >= 15 is 0 Å². The smallest absolute Gasteiger partial charge is 0.246 e. The van der Waals surface area contributed by atoms with Gasteiger partial charge in [0.25, 0.3) is 0 Å². The van der Waals surface area contributed by atoms with Crippen LogP contribution in [0.15, 0.2) is 0 Å². The van der Waals surface area contributed by atoms with Gasteiger partial charge in [0.2, 0.25) is 5.91 Å². The van der Waals surface area contributed by atoms with E-state index in [1.54, 1.807) is 0 Å². The van der Waals surface area contributed by atoms with E-state index in [0.717, 1.165) is 13.1 Å². The summed E-state index contributed by atoms with van der Waals surface area (Å²) in [4.78, 5) is 10.9. The molecule has 0 radical (unpaired) electrons. The lowest BCUT2D eigenvalue weighted by Crippen LogP contribution is -2.46. The molecule has 1 rings (SSSR count). The Hall–Kier alpha value is -0.650. The number of rotatable bonds is 5. The zero-order valence-corrected chi connectivity index (χ0v) is 9.36. The van der Waals surface area contributed by atoms with E-state index in [-0.39, 0.29) is 12.2 Å². The van der Waals surface area contributed by atoms with Gasteiger partial charge in [-0.3, -0.25) is 4.79 Å². The molecule has 1 aliphatic rings. The quantitative estimate of drug-likeness (QED) is 0.658. The molecule has 3 atom stereocenters. The van der Waals surface area contributed by atoms with Crippen molar-refractivity contribution in [3.63, 3.8) is 0 Å². The Bertz CT molecular complexity index is 211. The standard InChI is InChI=1S/C10H20N2O3/c1-3-9(10(11)13)14-6-8-5-12-4-7(2)15-8/h7-9,12H,3-6H2,1-2H3,(H2,11,13). The van der Waals surface area contributed by atoms with E-state index in [4.69, 9.17) is 15.2 Å². The first-order valence-corrected chi connectivity index (χ1v) is 5.40. The van der Waals surface area contributed by atoms with Gasteiger partial charge in [-0.15, -0.1) is 0 Å². The summed E-state index contributed by atoms with van der Waals surface area (Å²) in [6, 6.07) is 0. The predicted octanol–water partition coefficient (Wildman–Crippen LogP) is -0.356. The largest absolute Gasteiger partial charge is 0.370 e. The fourth-order valence-electron chi connectivity index (χ4n) is 1.60. The highest BCUT2D eigenvalue weighted by atomic mass is 16.5. The van der Waals surface area contributed by atoms with Gasteiger partial charge in [0.05, 0.1) is 18.8 Å². The minimum Gasteiger partial charge on any atom is -0.370 e. The fourth-order valence-corrected chi connectivity index (χ4v) is 1.60. The molecule has 0 saturated carbocycles. The third-order valence-corrected chi connectivity index (χ3v) is 2.40. The molecule has 1 aliphatic heterocycles. The van der Waals surface area contributed by atoms with Crippen molar-refractivity contribution in [3.8, 4) is 0 Å². The van der Waals surface area contributed by atoms with Crippen LogP contribution in [-0.2, 0) is 14.3 Å². The highest BCUT2D eigenvalue weighted by Crippen LogP contribution is 2.06. The highest BCUT2D eigenvalue weighted by Gasteiger charge is 2.21. The number of nitrogens with one attached hydrogen (secondary N) is 1. The Morgan fingerprint density at radius 1 is 1.67 bits per heavy atom. The van der Waals surface area contributed by atoms with E-state index in [9.17, 15) is 4.79 Å². The number of amides is 1. The molecule has 0 aromatic rings. The van der Waals surface area contributed by atoms with Gasteiger partial charge in [-0.05, 0) is 13.3 Å². The number of carbonyl (C=O) groups excluding carboxylic acids is 1. The molecule has 1 fully saturated rings. The van der Waals surface area contributed by atoms with Crippen LogP contribution in [-0.4, -0.2) is 43.9 Å². The van der Waals surface area contributed by atoms with Crippen LogP contribution in [0.4, 0.5) is 0 Å². The van der Waals surface area contributed by atoms with E-state index in [1.165, 1.54) is 0 Å². The summed E-state index contributed by atoms with van der Waals surface area (Å²) in [6.45, 7) is 5.92. The van der Waals surface area contributed by atoms with E-state index in [1.807, 2.05) is 13.8 Å². The van der Waals surface area contributed by atoms with Gasteiger partial charge >= 0.3 is 0 Å². The van der Waals surface area contributed by atoms with Crippen LogP contribution >= 0.6 is 0 Å². The number of ether oxygens (including phenoxy) is 2. The Morgan fingerprint density at radius 2 is 2.40 bits per heavy atom. The number of hydrogen-bond donors (Lipinski definition) is 2. The maximum Gasteiger partial charge on any atom is 0.246 e. The molecule has 0 bridgehead atoms. The molecule has 1 amide bonds. The third-order valence-electron chi connectivity index (χ3n) is 2.40. The predicted molar refractivity (Wildman–Crippen MR) is 56.4 cm³/mol. The fraction of sp³-hybridized carbons (Fsp3) is 0.900. The van der Waals surface area contributed by atoms with Crippen molar-refractivity contribution in [1.82, 2.24) is 5.32 Å². The molecule has 1 heterocycles. The van der Waals surface area contributed by atoms with Gasteiger partial charge in [0, 0.05) is 13.1 Å². The monoisotopic (exact) mass is 216 g/mol. The maximum absolute atomic E-state index is 10.9. The summed E-state index contributed by atoms with van der Waals surface area (Å²) in [5, 5.41) is 3.23. The Morgan fingerprint density at radius 3 is 2.93 bits per heavy atom. The molecular formula is C10H20N2O3. The van der Waals surface area contributed by atoms with Crippen molar-refractivity contribution >= 4 is 5.91 Å². The molecule has 5 heteroatoms. The van der Waals surface area contributed by atoms with Crippen LogP contribution in [0.5, 0.6) is 0 Å². The van der Waals surface area contributed by atoms with Crippen molar-refractivity contribution < 1.29 is 14.3 Å². The summed E-state index contributed by atoms with van der Waals surface area (Å²) in [5.41, 5.74) is 5.17. The Labute approximate surface area is 90.3 Å². The number of carbonyl (C=O) groups is 1. The lowest BCUT2D eigenvalue weighted by Gasteiger charge is -2.29.